The van der Waals surface area contributed by atoms with Gasteiger partial charge in [-0.1, -0.05) is 0 Å². The van der Waals surface area contributed by atoms with Crippen LogP contribution in [0.4, 0.5) is 4.79 Å². The zero-order valence-corrected chi connectivity index (χ0v) is 28.1. The average Bonchev–Trinajstić information content (AvgIpc) is 3.59. The number of nitrogens with zero attached hydrogens (tertiary/aromatic N) is 5. The maximum atomic E-state index is 12.8. The Hall–Kier alpha value is -2.40. The first-order valence-electron chi connectivity index (χ1n) is 15.0. The molecule has 1 spiro atoms. The summed E-state index contributed by atoms with van der Waals surface area (Å²) in [5.41, 5.74) is 2.12. The van der Waals surface area contributed by atoms with E-state index in [4.69, 9.17) is 24.3 Å². The summed E-state index contributed by atoms with van der Waals surface area (Å²) in [6.07, 6.45) is 9.20. The van der Waals surface area contributed by atoms with E-state index in [0.717, 1.165) is 61.7 Å². The second-order valence-corrected chi connectivity index (χ2v) is 28.5. The van der Waals surface area contributed by atoms with Gasteiger partial charge in [-0.2, -0.15) is 0 Å². The van der Waals surface area contributed by atoms with Crippen molar-refractivity contribution in [2.24, 2.45) is 5.41 Å². The maximum absolute atomic E-state index is 12.8. The van der Waals surface area contributed by atoms with Crippen molar-refractivity contribution in [1.82, 2.24) is 24.6 Å². The van der Waals surface area contributed by atoms with Crippen molar-refractivity contribution in [2.45, 2.75) is 92.0 Å². The molecule has 1 saturated carbocycles. The normalized spacial score (nSPS) is 22.6. The van der Waals surface area contributed by atoms with Gasteiger partial charge in [-0.05, 0) is 20.8 Å². The molecule has 41 heavy (non-hydrogen) atoms. The van der Waals surface area contributed by atoms with Crippen molar-refractivity contribution in [2.75, 3.05) is 19.7 Å². The number of carbonyl (C=O) groups excluding carboxylic acids is 1. The molecule has 3 aromatic rings. The number of carbonyl (C=O) groups is 1. The molecule has 0 radical (unpaired) electrons. The first-order chi connectivity index (χ1) is 19.4. The summed E-state index contributed by atoms with van der Waals surface area (Å²) in [6, 6.07) is 6.81. The van der Waals surface area contributed by atoms with Gasteiger partial charge >= 0.3 is 212 Å². The SMILES string of the molecule is CC(C)(C)OC(=O)N1CCC2(CC2)C(Oc2cncc(-c3nn(C4CCCCO4)c4cc[c]([Sn]([CH3])([CH3])[CH3])cc34)n2)C1. The van der Waals surface area contributed by atoms with Gasteiger partial charge < -0.3 is 4.74 Å². The molecule has 4 heterocycles. The standard InChI is InChI=1S/C28H34N5O4.3CH3.Sn/c1-27(2,3)37-26(34)32-14-13-28(11-12-28)22(18-32)36-23-17-29-16-20(30-23)25-19-8-4-5-9-21(19)33(31-25)24-10-6-7-15-35-24;;;;/h5,8-9,16-17,22,24H,6-7,10-15,18H2,1-3H3;3*1H3;. The van der Waals surface area contributed by atoms with Crippen molar-refractivity contribution in [3.8, 4) is 17.3 Å². The van der Waals surface area contributed by atoms with E-state index in [1.54, 1.807) is 17.3 Å². The first kappa shape index (κ1) is 28.7. The number of benzene rings is 1. The molecule has 2 atom stereocenters. The Kier molecular flexibility index (Phi) is 7.49. The Bertz CT molecular complexity index is 1430. The van der Waals surface area contributed by atoms with Gasteiger partial charge in [-0.25, -0.2) is 4.79 Å². The Morgan fingerprint density at radius 2 is 1.93 bits per heavy atom. The predicted molar refractivity (Wildman–Crippen MR) is 161 cm³/mol. The first-order valence-corrected chi connectivity index (χ1v) is 25.0. The van der Waals surface area contributed by atoms with Gasteiger partial charge in [0.25, 0.3) is 0 Å². The van der Waals surface area contributed by atoms with E-state index in [2.05, 4.69) is 38.0 Å². The van der Waals surface area contributed by atoms with E-state index in [1.165, 1.54) is 3.58 Å². The molecule has 1 amide bonds. The number of fused-ring (bicyclic) bond motifs is 1. The van der Waals surface area contributed by atoms with E-state index in [1.807, 2.05) is 25.5 Å². The van der Waals surface area contributed by atoms with E-state index in [-0.39, 0.29) is 23.8 Å². The van der Waals surface area contributed by atoms with Gasteiger partial charge in [0.1, 0.15) is 5.60 Å². The fourth-order valence-electron chi connectivity index (χ4n) is 5.99. The Balaban J connectivity index is 1.31. The van der Waals surface area contributed by atoms with Gasteiger partial charge in [-0.15, -0.1) is 0 Å². The van der Waals surface area contributed by atoms with Gasteiger partial charge in [-0.3, -0.25) is 0 Å². The van der Waals surface area contributed by atoms with E-state index >= 15 is 0 Å². The topological polar surface area (TPSA) is 91.6 Å². The van der Waals surface area contributed by atoms with Crippen molar-refractivity contribution >= 4 is 39.0 Å². The molecule has 3 fully saturated rings. The monoisotopic (exact) mass is 669 g/mol. The minimum atomic E-state index is -2.35. The molecular formula is C31H43N5O4Sn. The van der Waals surface area contributed by atoms with Crippen LogP contribution >= 0.6 is 0 Å². The van der Waals surface area contributed by atoms with Gasteiger partial charge in [0.05, 0.1) is 0 Å². The zero-order valence-electron chi connectivity index (χ0n) is 25.3. The van der Waals surface area contributed by atoms with E-state index < -0.39 is 24.0 Å². The molecule has 3 aliphatic rings. The molecule has 220 valence electrons. The number of likely N-dealkylation sites (tertiary alicyclic amines) is 1. The van der Waals surface area contributed by atoms with Crippen molar-refractivity contribution in [3.05, 3.63) is 30.6 Å². The molecule has 6 rings (SSSR count). The van der Waals surface area contributed by atoms with Gasteiger partial charge in [0.2, 0.25) is 0 Å². The fraction of sp³-hybridized carbons (Fsp3) is 0.613. The zero-order chi connectivity index (χ0) is 29.0. The molecule has 2 aromatic heterocycles. The van der Waals surface area contributed by atoms with Crippen LogP contribution in [0.25, 0.3) is 22.3 Å². The van der Waals surface area contributed by atoms with Crippen LogP contribution in [0.3, 0.4) is 0 Å². The predicted octanol–water partition coefficient (Wildman–Crippen LogP) is 5.91. The molecule has 9 nitrogen and oxygen atoms in total. The van der Waals surface area contributed by atoms with Crippen LogP contribution in [0, 0.1) is 5.41 Å². The van der Waals surface area contributed by atoms with Crippen molar-refractivity contribution in [3.63, 3.8) is 0 Å². The number of hydrogen-bond donors (Lipinski definition) is 0. The second-order valence-electron chi connectivity index (χ2n) is 14.0. The number of hydrogen-bond acceptors (Lipinski definition) is 7. The third-order valence-corrected chi connectivity index (χ3v) is 14.4. The summed E-state index contributed by atoms with van der Waals surface area (Å²) in [5.74, 6) is 0.465. The number of aromatic nitrogens is 4. The molecule has 1 aromatic carbocycles. The summed E-state index contributed by atoms with van der Waals surface area (Å²) < 4.78 is 21.8. The van der Waals surface area contributed by atoms with Gasteiger partial charge in [0, 0.05) is 0 Å². The van der Waals surface area contributed by atoms with Crippen LogP contribution in [0.5, 0.6) is 5.88 Å². The number of rotatable bonds is 5. The Morgan fingerprint density at radius 3 is 2.61 bits per heavy atom. The van der Waals surface area contributed by atoms with Crippen LogP contribution in [0.15, 0.2) is 30.6 Å². The van der Waals surface area contributed by atoms with Crippen LogP contribution in [0.1, 0.15) is 65.5 Å². The fourth-order valence-corrected chi connectivity index (χ4v) is 9.30. The summed E-state index contributed by atoms with van der Waals surface area (Å²) in [4.78, 5) is 31.4. The molecule has 2 aliphatic heterocycles. The second kappa shape index (κ2) is 10.7. The Labute approximate surface area is 246 Å². The van der Waals surface area contributed by atoms with E-state index in [0.29, 0.717) is 24.7 Å². The summed E-state index contributed by atoms with van der Waals surface area (Å²) in [5, 5.41) is 6.18. The Morgan fingerprint density at radius 1 is 1.12 bits per heavy atom. The van der Waals surface area contributed by atoms with Crippen LogP contribution in [0.2, 0.25) is 14.8 Å². The third-order valence-electron chi connectivity index (χ3n) is 8.61. The van der Waals surface area contributed by atoms with Gasteiger partial charge in [0.15, 0.2) is 0 Å². The van der Waals surface area contributed by atoms with Crippen molar-refractivity contribution < 1.29 is 19.0 Å². The molecule has 1 aliphatic carbocycles. The molecule has 0 N–H and O–H groups in total. The molecule has 2 unspecified atom stereocenters. The number of piperidine rings is 1. The van der Waals surface area contributed by atoms with E-state index in [9.17, 15) is 4.79 Å². The summed E-state index contributed by atoms with van der Waals surface area (Å²) >= 11 is -2.35. The third kappa shape index (κ3) is 6.07. The molecule has 0 bridgehead atoms. The quantitative estimate of drug-likeness (QED) is 0.313. The summed E-state index contributed by atoms with van der Waals surface area (Å²) in [7, 11) is 0. The van der Waals surface area contributed by atoms with Crippen LogP contribution in [-0.2, 0) is 9.47 Å². The molecule has 2 saturated heterocycles. The molecule has 10 heteroatoms. The van der Waals surface area contributed by atoms with Crippen LogP contribution < -0.4 is 8.32 Å². The average molecular weight is 668 g/mol. The summed E-state index contributed by atoms with van der Waals surface area (Å²) in [6.45, 7) is 7.61. The van der Waals surface area contributed by atoms with Crippen molar-refractivity contribution in [1.29, 1.82) is 0 Å². The number of ether oxygens (including phenoxy) is 3. The van der Waals surface area contributed by atoms with Crippen LogP contribution in [-0.4, -0.2) is 80.5 Å². The minimum absolute atomic E-state index is 0.0767. The molecular weight excluding hydrogens is 625 g/mol. The number of amides is 1.